The van der Waals surface area contributed by atoms with E-state index in [1.165, 1.54) is 0 Å². The molecule has 0 saturated heterocycles. The molecule has 4 heterocycles. The van der Waals surface area contributed by atoms with Gasteiger partial charge in [0.2, 0.25) is 0 Å². The molecule has 4 aromatic heterocycles. The maximum Gasteiger partial charge on any atom is 0.199 e. The van der Waals surface area contributed by atoms with E-state index in [0.717, 1.165) is 32.4 Å². The fraction of sp³-hybridized carbons (Fsp3) is 0.350. The zero-order valence-electron chi connectivity index (χ0n) is 18.4. The molecule has 4 aromatic rings. The standard InChI is InChI=1S/C10H12BrN3O2.C6H7NO2.C4H4BrIN2/c1-3-6-4-8(16-13-6)9(15)7-5-14(2)12-10(7)11;1-2-5-3-6(4-8)9-7-5;1-8-2-3(6)4(5)7-8/h4-5,9,15H,3H2,1-2H3;3-4H,2H2,1H3;2H,1H3. The van der Waals surface area contributed by atoms with Crippen molar-refractivity contribution in [2.75, 3.05) is 0 Å². The Morgan fingerprint density at radius 2 is 1.61 bits per heavy atom. The van der Waals surface area contributed by atoms with Crippen LogP contribution in [-0.2, 0) is 26.9 Å². The van der Waals surface area contributed by atoms with E-state index in [9.17, 15) is 9.90 Å². The highest BCUT2D eigenvalue weighted by atomic mass is 127. The topological polar surface area (TPSA) is 125 Å². The van der Waals surface area contributed by atoms with Crippen molar-refractivity contribution in [3.8, 4) is 0 Å². The van der Waals surface area contributed by atoms with E-state index in [0.29, 0.717) is 28.0 Å². The van der Waals surface area contributed by atoms with E-state index in [1.54, 1.807) is 34.7 Å². The second kappa shape index (κ2) is 13.2. The van der Waals surface area contributed by atoms with Crippen LogP contribution in [0.3, 0.4) is 0 Å². The van der Waals surface area contributed by atoms with Crippen LogP contribution in [-0.4, -0.2) is 41.3 Å². The molecule has 178 valence electrons. The Labute approximate surface area is 221 Å². The Morgan fingerprint density at radius 1 is 1.03 bits per heavy atom. The molecule has 0 saturated carbocycles. The molecule has 0 bridgehead atoms. The number of aldehydes is 1. The number of aliphatic hydroxyl groups is 1. The van der Waals surface area contributed by atoms with Gasteiger partial charge in [0.05, 0.1) is 15.0 Å². The second-order valence-corrected chi connectivity index (χ2v) is 9.32. The Bertz CT molecular complexity index is 1150. The molecule has 0 aliphatic heterocycles. The lowest BCUT2D eigenvalue weighted by atomic mass is 10.1. The number of aliphatic hydroxyl groups excluding tert-OH is 1. The maximum atomic E-state index is 10.1. The molecule has 13 heteroatoms. The zero-order valence-corrected chi connectivity index (χ0v) is 23.7. The normalized spacial score (nSPS) is 11.3. The van der Waals surface area contributed by atoms with Gasteiger partial charge in [-0.15, -0.1) is 0 Å². The first-order valence-corrected chi connectivity index (χ1v) is 12.4. The van der Waals surface area contributed by atoms with Crippen molar-refractivity contribution in [2.45, 2.75) is 32.8 Å². The molecular formula is C20H23Br2IN6O4. The molecule has 10 nitrogen and oxygen atoms in total. The highest BCUT2D eigenvalue weighted by Gasteiger charge is 2.20. The summed E-state index contributed by atoms with van der Waals surface area (Å²) < 4.78 is 15.7. The summed E-state index contributed by atoms with van der Waals surface area (Å²) >= 11 is 8.78. The molecule has 1 unspecified atom stereocenters. The Hall–Kier alpha value is -1.84. The monoisotopic (exact) mass is 696 g/mol. The van der Waals surface area contributed by atoms with Crippen molar-refractivity contribution in [3.63, 3.8) is 0 Å². The molecule has 0 fully saturated rings. The van der Waals surface area contributed by atoms with Gasteiger partial charge in [-0.05, 0) is 67.3 Å². The molecular weight excluding hydrogens is 675 g/mol. The van der Waals surface area contributed by atoms with Crippen LogP contribution in [0, 0.1) is 3.57 Å². The Morgan fingerprint density at radius 3 is 1.97 bits per heavy atom. The lowest BCUT2D eigenvalue weighted by Crippen LogP contribution is -1.97. The van der Waals surface area contributed by atoms with Crippen LogP contribution in [0.1, 0.15) is 53.2 Å². The number of halogens is 3. The molecule has 1 atom stereocenters. The molecule has 0 radical (unpaired) electrons. The van der Waals surface area contributed by atoms with Gasteiger partial charge in [-0.2, -0.15) is 10.2 Å². The van der Waals surface area contributed by atoms with E-state index in [4.69, 9.17) is 4.52 Å². The molecule has 0 spiro atoms. The zero-order chi connectivity index (χ0) is 24.5. The summed E-state index contributed by atoms with van der Waals surface area (Å²) in [6.45, 7) is 3.93. The summed E-state index contributed by atoms with van der Waals surface area (Å²) in [6.07, 6.45) is 5.08. The minimum Gasteiger partial charge on any atom is -0.380 e. The summed E-state index contributed by atoms with van der Waals surface area (Å²) in [7, 11) is 3.69. The smallest absolute Gasteiger partial charge is 0.199 e. The quantitative estimate of drug-likeness (QED) is 0.236. The van der Waals surface area contributed by atoms with Gasteiger partial charge in [-0.25, -0.2) is 0 Å². The molecule has 0 aliphatic rings. The van der Waals surface area contributed by atoms with Gasteiger partial charge in [-0.3, -0.25) is 14.2 Å². The molecule has 0 aromatic carbocycles. The lowest BCUT2D eigenvalue weighted by Gasteiger charge is -2.03. The van der Waals surface area contributed by atoms with Gasteiger partial charge in [0.1, 0.15) is 15.3 Å². The van der Waals surface area contributed by atoms with Crippen molar-refractivity contribution in [3.05, 3.63) is 65.8 Å². The first-order chi connectivity index (χ1) is 15.7. The molecule has 1 N–H and O–H groups in total. The largest absolute Gasteiger partial charge is 0.380 e. The summed E-state index contributed by atoms with van der Waals surface area (Å²) in [6, 6.07) is 3.39. The van der Waals surface area contributed by atoms with E-state index < -0.39 is 6.10 Å². The van der Waals surface area contributed by atoms with Gasteiger partial charge >= 0.3 is 0 Å². The third-order valence-corrected chi connectivity index (χ3v) is 6.84. The van der Waals surface area contributed by atoms with Crippen LogP contribution < -0.4 is 0 Å². The van der Waals surface area contributed by atoms with Crippen LogP contribution in [0.4, 0.5) is 0 Å². The number of carbonyl (C=O) groups is 1. The van der Waals surface area contributed by atoms with E-state index in [-0.39, 0.29) is 0 Å². The highest BCUT2D eigenvalue weighted by molar-refractivity contribution is 14.1. The van der Waals surface area contributed by atoms with E-state index in [2.05, 4.69) is 79.5 Å². The third-order valence-electron chi connectivity index (χ3n) is 4.11. The molecule has 0 amide bonds. The van der Waals surface area contributed by atoms with Crippen molar-refractivity contribution in [1.82, 2.24) is 29.9 Å². The summed E-state index contributed by atoms with van der Waals surface area (Å²) in [5, 5.41) is 25.6. The number of carbonyl (C=O) groups excluding carboxylic acids is 1. The second-order valence-electron chi connectivity index (χ2n) is 6.66. The van der Waals surface area contributed by atoms with Gasteiger partial charge < -0.3 is 14.2 Å². The van der Waals surface area contributed by atoms with Crippen LogP contribution in [0.5, 0.6) is 0 Å². The molecule has 0 aliphatic carbocycles. The van der Waals surface area contributed by atoms with Crippen LogP contribution >= 0.6 is 54.5 Å². The number of aryl methyl sites for hydroxylation is 4. The molecule has 4 rings (SSSR count). The first kappa shape index (κ1) is 27.4. The fourth-order valence-electron chi connectivity index (χ4n) is 2.42. The van der Waals surface area contributed by atoms with Gasteiger partial charge in [0.25, 0.3) is 0 Å². The third kappa shape index (κ3) is 8.15. The number of aromatic nitrogens is 6. The van der Waals surface area contributed by atoms with Gasteiger partial charge in [0.15, 0.2) is 17.8 Å². The summed E-state index contributed by atoms with van der Waals surface area (Å²) in [5.74, 6) is 0.734. The van der Waals surface area contributed by atoms with Crippen LogP contribution in [0.15, 0.2) is 42.8 Å². The SMILES string of the molecule is CCc1cc(C(O)c2cn(C)nc2Br)on1.CCc1cc(C=O)on1.Cn1cc(I)c(Br)n1. The van der Waals surface area contributed by atoms with Crippen molar-refractivity contribution >= 4 is 60.7 Å². The summed E-state index contributed by atoms with van der Waals surface area (Å²) in [5.41, 5.74) is 2.31. The van der Waals surface area contributed by atoms with Crippen molar-refractivity contribution in [1.29, 1.82) is 0 Å². The fourth-order valence-corrected chi connectivity index (χ4v) is 3.86. The van der Waals surface area contributed by atoms with Crippen LogP contribution in [0.2, 0.25) is 0 Å². The highest BCUT2D eigenvalue weighted by Crippen LogP contribution is 2.27. The number of hydrogen-bond acceptors (Lipinski definition) is 8. The van der Waals surface area contributed by atoms with Crippen molar-refractivity contribution in [2.24, 2.45) is 14.1 Å². The predicted octanol–water partition coefficient (Wildman–Crippen LogP) is 4.65. The molecule has 33 heavy (non-hydrogen) atoms. The minimum absolute atomic E-state index is 0.298. The predicted molar refractivity (Wildman–Crippen MR) is 136 cm³/mol. The first-order valence-electron chi connectivity index (χ1n) is 9.76. The maximum absolute atomic E-state index is 10.1. The minimum atomic E-state index is -0.837. The van der Waals surface area contributed by atoms with E-state index in [1.807, 2.05) is 27.1 Å². The van der Waals surface area contributed by atoms with E-state index >= 15 is 0 Å². The number of nitrogens with zero attached hydrogens (tertiary/aromatic N) is 6. The summed E-state index contributed by atoms with van der Waals surface area (Å²) in [4.78, 5) is 10.0. The van der Waals surface area contributed by atoms with Crippen molar-refractivity contribution < 1.29 is 18.9 Å². The lowest BCUT2D eigenvalue weighted by molar-refractivity contribution is 0.109. The average Bonchev–Trinajstić information content (AvgIpc) is 3.56. The van der Waals surface area contributed by atoms with Crippen LogP contribution in [0.25, 0.3) is 0 Å². The Balaban J connectivity index is 0.000000192. The number of rotatable bonds is 5. The van der Waals surface area contributed by atoms with Gasteiger partial charge in [0, 0.05) is 44.2 Å². The Kier molecular flexibility index (Phi) is 10.9. The number of hydrogen-bond donors (Lipinski definition) is 1. The van der Waals surface area contributed by atoms with Gasteiger partial charge in [-0.1, -0.05) is 24.2 Å². The average molecular weight is 698 g/mol.